The Hall–Kier alpha value is -0.970. The summed E-state index contributed by atoms with van der Waals surface area (Å²) in [7, 11) is 0. The maximum absolute atomic E-state index is 11.6. The molecule has 1 heterocycles. The van der Waals surface area contributed by atoms with Crippen molar-refractivity contribution in [2.45, 2.75) is 25.5 Å². The SMILES string of the molecule is O=C(NCCc1ccc(Cl)cc1Cl)NC1CCCO1. The van der Waals surface area contributed by atoms with Crippen molar-refractivity contribution in [1.82, 2.24) is 10.6 Å². The van der Waals surface area contributed by atoms with Gasteiger partial charge in [-0.05, 0) is 37.0 Å². The summed E-state index contributed by atoms with van der Waals surface area (Å²) in [6.07, 6.45) is 2.37. The standard InChI is InChI=1S/C13H16Cl2N2O2/c14-10-4-3-9(11(15)8-10)5-6-16-13(18)17-12-2-1-7-19-12/h3-4,8,12H,1-2,5-7H2,(H2,16,17,18). The van der Waals surface area contributed by atoms with Gasteiger partial charge in [0.2, 0.25) is 0 Å². The highest BCUT2D eigenvalue weighted by Crippen LogP contribution is 2.21. The minimum Gasteiger partial charge on any atom is -0.358 e. The molecule has 1 unspecified atom stereocenters. The third-order valence-electron chi connectivity index (χ3n) is 2.92. The summed E-state index contributed by atoms with van der Waals surface area (Å²) in [4.78, 5) is 11.6. The van der Waals surface area contributed by atoms with E-state index in [2.05, 4.69) is 10.6 Å². The highest BCUT2D eigenvalue weighted by atomic mass is 35.5. The van der Waals surface area contributed by atoms with Crippen LogP contribution in [0.3, 0.4) is 0 Å². The zero-order valence-electron chi connectivity index (χ0n) is 10.4. The molecule has 0 spiro atoms. The van der Waals surface area contributed by atoms with E-state index in [-0.39, 0.29) is 12.3 Å². The van der Waals surface area contributed by atoms with Gasteiger partial charge in [-0.3, -0.25) is 0 Å². The summed E-state index contributed by atoms with van der Waals surface area (Å²) >= 11 is 11.9. The second-order valence-corrected chi connectivity index (χ2v) is 5.23. The van der Waals surface area contributed by atoms with Crippen LogP contribution in [0.15, 0.2) is 18.2 Å². The summed E-state index contributed by atoms with van der Waals surface area (Å²) < 4.78 is 5.31. The minimum atomic E-state index is -0.211. The van der Waals surface area contributed by atoms with Crippen LogP contribution < -0.4 is 10.6 Å². The Morgan fingerprint density at radius 2 is 2.26 bits per heavy atom. The fraction of sp³-hybridized carbons (Fsp3) is 0.462. The molecule has 2 N–H and O–H groups in total. The first-order valence-electron chi connectivity index (χ1n) is 6.25. The number of hydrogen-bond acceptors (Lipinski definition) is 2. The molecule has 6 heteroatoms. The van der Waals surface area contributed by atoms with Gasteiger partial charge in [0.05, 0.1) is 0 Å². The summed E-state index contributed by atoms with van der Waals surface area (Å²) in [5, 5.41) is 6.77. The van der Waals surface area contributed by atoms with Gasteiger partial charge in [0.15, 0.2) is 0 Å². The number of halogens is 2. The lowest BCUT2D eigenvalue weighted by Gasteiger charge is -2.13. The second kappa shape index (κ2) is 6.98. The topological polar surface area (TPSA) is 50.4 Å². The fourth-order valence-electron chi connectivity index (χ4n) is 1.92. The molecule has 2 rings (SSSR count). The largest absolute Gasteiger partial charge is 0.358 e. The molecular formula is C13H16Cl2N2O2. The predicted octanol–water partition coefficient (Wildman–Crippen LogP) is 2.97. The molecule has 1 aliphatic heterocycles. The molecule has 1 fully saturated rings. The molecule has 0 aromatic heterocycles. The van der Waals surface area contributed by atoms with E-state index in [1.54, 1.807) is 12.1 Å². The van der Waals surface area contributed by atoms with Gasteiger partial charge < -0.3 is 15.4 Å². The lowest BCUT2D eigenvalue weighted by Crippen LogP contribution is -2.42. The van der Waals surface area contributed by atoms with Crippen LogP contribution in [0.4, 0.5) is 4.79 Å². The maximum atomic E-state index is 11.6. The summed E-state index contributed by atoms with van der Waals surface area (Å²) in [6.45, 7) is 1.23. The first kappa shape index (κ1) is 14.4. The maximum Gasteiger partial charge on any atom is 0.316 e. The lowest BCUT2D eigenvalue weighted by atomic mass is 10.1. The quantitative estimate of drug-likeness (QED) is 0.898. The number of urea groups is 1. The van der Waals surface area contributed by atoms with Gasteiger partial charge in [0, 0.05) is 23.2 Å². The summed E-state index contributed by atoms with van der Waals surface area (Å²) in [6, 6.07) is 5.14. The van der Waals surface area contributed by atoms with E-state index in [0.717, 1.165) is 18.4 Å². The zero-order chi connectivity index (χ0) is 13.7. The van der Waals surface area contributed by atoms with Crippen molar-refractivity contribution in [2.24, 2.45) is 0 Å². The van der Waals surface area contributed by atoms with Crippen molar-refractivity contribution in [3.05, 3.63) is 33.8 Å². The molecule has 4 nitrogen and oxygen atoms in total. The molecule has 1 aromatic rings. The van der Waals surface area contributed by atoms with E-state index < -0.39 is 0 Å². The molecule has 1 saturated heterocycles. The molecular weight excluding hydrogens is 287 g/mol. The molecule has 0 radical (unpaired) electrons. The first-order valence-corrected chi connectivity index (χ1v) is 7.00. The number of carbonyl (C=O) groups excluding carboxylic acids is 1. The van der Waals surface area contributed by atoms with Crippen molar-refractivity contribution in [3.63, 3.8) is 0 Å². The van der Waals surface area contributed by atoms with E-state index in [0.29, 0.717) is 29.6 Å². The fourth-order valence-corrected chi connectivity index (χ4v) is 2.43. The smallest absolute Gasteiger partial charge is 0.316 e. The molecule has 19 heavy (non-hydrogen) atoms. The number of rotatable bonds is 4. The van der Waals surface area contributed by atoms with Crippen molar-refractivity contribution >= 4 is 29.2 Å². The molecule has 1 aliphatic rings. The van der Waals surface area contributed by atoms with Gasteiger partial charge >= 0.3 is 6.03 Å². The Bertz CT molecular complexity index is 448. The number of amides is 2. The monoisotopic (exact) mass is 302 g/mol. The number of carbonyl (C=O) groups is 1. The van der Waals surface area contributed by atoms with Gasteiger partial charge in [0.25, 0.3) is 0 Å². The van der Waals surface area contributed by atoms with E-state index in [1.165, 1.54) is 0 Å². The minimum absolute atomic E-state index is 0.154. The van der Waals surface area contributed by atoms with Crippen LogP contribution in [0.1, 0.15) is 18.4 Å². The summed E-state index contributed by atoms with van der Waals surface area (Å²) in [5.41, 5.74) is 0.962. The molecule has 0 saturated carbocycles. The lowest BCUT2D eigenvalue weighted by molar-refractivity contribution is 0.0908. The van der Waals surface area contributed by atoms with E-state index in [1.807, 2.05) is 6.07 Å². The predicted molar refractivity (Wildman–Crippen MR) is 75.7 cm³/mol. The van der Waals surface area contributed by atoms with Crippen LogP contribution in [0.2, 0.25) is 10.0 Å². The summed E-state index contributed by atoms with van der Waals surface area (Å²) in [5.74, 6) is 0. The molecule has 0 aliphatic carbocycles. The van der Waals surface area contributed by atoms with Crippen molar-refractivity contribution in [2.75, 3.05) is 13.2 Å². The highest BCUT2D eigenvalue weighted by Gasteiger charge is 2.17. The average Bonchev–Trinajstić information content (AvgIpc) is 2.84. The van der Waals surface area contributed by atoms with Gasteiger partial charge in [-0.25, -0.2) is 4.79 Å². The van der Waals surface area contributed by atoms with E-state index in [9.17, 15) is 4.79 Å². The average molecular weight is 303 g/mol. The number of hydrogen-bond donors (Lipinski definition) is 2. The van der Waals surface area contributed by atoms with Crippen LogP contribution in [-0.4, -0.2) is 25.4 Å². The number of nitrogens with one attached hydrogen (secondary N) is 2. The molecule has 0 bridgehead atoms. The Labute approximate surface area is 122 Å². The Balaban J connectivity index is 1.72. The van der Waals surface area contributed by atoms with Crippen LogP contribution in [0.25, 0.3) is 0 Å². The van der Waals surface area contributed by atoms with Crippen LogP contribution in [0, 0.1) is 0 Å². The second-order valence-electron chi connectivity index (χ2n) is 4.39. The highest BCUT2D eigenvalue weighted by molar-refractivity contribution is 6.35. The number of ether oxygens (including phenoxy) is 1. The van der Waals surface area contributed by atoms with E-state index >= 15 is 0 Å². The van der Waals surface area contributed by atoms with Gasteiger partial charge in [0.1, 0.15) is 6.23 Å². The normalized spacial score (nSPS) is 18.3. The first-order chi connectivity index (χ1) is 9.15. The van der Waals surface area contributed by atoms with E-state index in [4.69, 9.17) is 27.9 Å². The van der Waals surface area contributed by atoms with Gasteiger partial charge in [-0.15, -0.1) is 0 Å². The van der Waals surface area contributed by atoms with Crippen molar-refractivity contribution in [3.8, 4) is 0 Å². The van der Waals surface area contributed by atoms with Gasteiger partial charge in [-0.2, -0.15) is 0 Å². The van der Waals surface area contributed by atoms with Crippen LogP contribution in [0.5, 0.6) is 0 Å². The Kier molecular flexibility index (Phi) is 5.31. The van der Waals surface area contributed by atoms with Gasteiger partial charge in [-0.1, -0.05) is 29.3 Å². The third-order valence-corrected chi connectivity index (χ3v) is 3.50. The molecule has 2 amide bonds. The Morgan fingerprint density at radius 1 is 1.42 bits per heavy atom. The van der Waals surface area contributed by atoms with Crippen molar-refractivity contribution < 1.29 is 9.53 Å². The van der Waals surface area contributed by atoms with Crippen LogP contribution in [-0.2, 0) is 11.2 Å². The molecule has 1 atom stereocenters. The third kappa shape index (κ3) is 4.56. The van der Waals surface area contributed by atoms with Crippen LogP contribution >= 0.6 is 23.2 Å². The molecule has 104 valence electrons. The molecule has 1 aromatic carbocycles. The Morgan fingerprint density at radius 3 is 2.95 bits per heavy atom. The number of benzene rings is 1. The van der Waals surface area contributed by atoms with Crippen molar-refractivity contribution in [1.29, 1.82) is 0 Å². The zero-order valence-corrected chi connectivity index (χ0v) is 11.9.